The maximum absolute atomic E-state index is 5.99. The molecular weight excluding hydrogens is 392 g/mol. The lowest BCUT2D eigenvalue weighted by Gasteiger charge is -2.41. The molecule has 0 saturated carbocycles. The van der Waals surface area contributed by atoms with Crippen LogP contribution in [0.1, 0.15) is 17.2 Å². The van der Waals surface area contributed by atoms with E-state index in [1.165, 1.54) is 11.1 Å². The lowest BCUT2D eigenvalue weighted by molar-refractivity contribution is 0.264. The summed E-state index contributed by atoms with van der Waals surface area (Å²) in [5.74, 6) is 2.78. The smallest absolute Gasteiger partial charge is 0.225 e. The third-order valence-electron chi connectivity index (χ3n) is 5.99. The molecule has 0 radical (unpaired) electrons. The van der Waals surface area contributed by atoms with E-state index in [4.69, 9.17) is 14.5 Å². The summed E-state index contributed by atoms with van der Waals surface area (Å²) in [6, 6.07) is 12.8. The highest BCUT2D eigenvalue weighted by atomic mass is 16.5. The van der Waals surface area contributed by atoms with Crippen molar-refractivity contribution in [1.29, 1.82) is 0 Å². The molecule has 1 unspecified atom stereocenters. The number of hydrogen-bond acceptors (Lipinski definition) is 8. The Bertz CT molecular complexity index is 1090. The molecule has 1 atom stereocenters. The maximum Gasteiger partial charge on any atom is 0.225 e. The number of fused-ring (bicyclic) bond motifs is 1. The fourth-order valence-corrected chi connectivity index (χ4v) is 4.14. The molecule has 2 aromatic heterocycles. The van der Waals surface area contributed by atoms with Crippen molar-refractivity contribution in [2.24, 2.45) is 0 Å². The summed E-state index contributed by atoms with van der Waals surface area (Å²) in [6.07, 6.45) is 3.53. The second-order valence-electron chi connectivity index (χ2n) is 7.98. The van der Waals surface area contributed by atoms with Crippen LogP contribution in [0.4, 0.5) is 17.5 Å². The highest BCUT2D eigenvalue weighted by Crippen LogP contribution is 2.37. The fourth-order valence-electron chi connectivity index (χ4n) is 4.14. The first-order valence-electron chi connectivity index (χ1n) is 10.4. The number of aryl methyl sites for hydroxylation is 1. The lowest BCUT2D eigenvalue weighted by atomic mass is 10.00. The van der Waals surface area contributed by atoms with Gasteiger partial charge in [-0.25, -0.2) is 9.97 Å². The van der Waals surface area contributed by atoms with Gasteiger partial charge in [0.2, 0.25) is 11.8 Å². The van der Waals surface area contributed by atoms with Gasteiger partial charge in [0, 0.05) is 38.1 Å². The van der Waals surface area contributed by atoms with E-state index in [1.54, 1.807) is 19.5 Å². The van der Waals surface area contributed by atoms with Crippen molar-refractivity contribution in [3.05, 3.63) is 59.9 Å². The first kappa shape index (κ1) is 19.4. The molecule has 0 aliphatic carbocycles. The summed E-state index contributed by atoms with van der Waals surface area (Å²) in [5.41, 5.74) is 3.61. The average Bonchev–Trinajstić information content (AvgIpc) is 2.77. The van der Waals surface area contributed by atoms with E-state index in [0.717, 1.165) is 30.3 Å². The topological polar surface area (TPSA) is 75.6 Å². The van der Waals surface area contributed by atoms with Gasteiger partial charge in [0.1, 0.15) is 6.61 Å². The summed E-state index contributed by atoms with van der Waals surface area (Å²) in [4.78, 5) is 17.9. The normalized spacial score (nSPS) is 18.1. The third kappa shape index (κ3) is 3.69. The summed E-state index contributed by atoms with van der Waals surface area (Å²) in [6.45, 7) is 4.45. The van der Waals surface area contributed by atoms with Gasteiger partial charge in [-0.3, -0.25) is 0 Å². The van der Waals surface area contributed by atoms with Gasteiger partial charge in [0.05, 0.1) is 25.4 Å². The quantitative estimate of drug-likeness (QED) is 0.678. The van der Waals surface area contributed by atoms with E-state index < -0.39 is 0 Å². The van der Waals surface area contributed by atoms with Gasteiger partial charge in [-0.05, 0) is 24.1 Å². The summed E-state index contributed by atoms with van der Waals surface area (Å²) >= 11 is 0. The molecule has 5 rings (SSSR count). The number of ether oxygens (including phenoxy) is 2. The van der Waals surface area contributed by atoms with Crippen LogP contribution in [0.3, 0.4) is 0 Å². The van der Waals surface area contributed by atoms with Gasteiger partial charge >= 0.3 is 0 Å². The van der Waals surface area contributed by atoms with Gasteiger partial charge in [0.15, 0.2) is 11.6 Å². The van der Waals surface area contributed by atoms with Crippen LogP contribution in [-0.4, -0.2) is 54.8 Å². The van der Waals surface area contributed by atoms with Gasteiger partial charge in [-0.2, -0.15) is 4.98 Å². The van der Waals surface area contributed by atoms with Crippen LogP contribution in [0.2, 0.25) is 0 Å². The highest BCUT2D eigenvalue weighted by Gasteiger charge is 2.31. The van der Waals surface area contributed by atoms with Crippen molar-refractivity contribution in [2.75, 3.05) is 49.0 Å². The van der Waals surface area contributed by atoms with Crippen molar-refractivity contribution >= 4 is 17.5 Å². The van der Waals surface area contributed by atoms with Crippen molar-refractivity contribution in [3.8, 4) is 11.6 Å². The SMILES string of the molecule is COc1cc(N2CC(Nc3ncc4c(n3)N(C)C(c3ccccc3C)CO4)C2)ccn1. The van der Waals surface area contributed by atoms with Crippen LogP contribution in [0.15, 0.2) is 48.8 Å². The number of pyridine rings is 1. The minimum absolute atomic E-state index is 0.123. The number of hydrogen-bond donors (Lipinski definition) is 1. The molecule has 8 nitrogen and oxygen atoms in total. The van der Waals surface area contributed by atoms with Crippen LogP contribution in [0.25, 0.3) is 0 Å². The Kier molecular flexibility index (Phi) is 4.97. The zero-order chi connectivity index (χ0) is 21.4. The molecular formula is C23H26N6O2. The Hall–Kier alpha value is -3.55. The number of aromatic nitrogens is 3. The van der Waals surface area contributed by atoms with E-state index in [0.29, 0.717) is 18.4 Å². The maximum atomic E-state index is 5.99. The number of rotatable bonds is 5. The summed E-state index contributed by atoms with van der Waals surface area (Å²) < 4.78 is 11.2. The second kappa shape index (κ2) is 7.94. The van der Waals surface area contributed by atoms with E-state index in [-0.39, 0.29) is 12.1 Å². The first-order valence-corrected chi connectivity index (χ1v) is 10.4. The largest absolute Gasteiger partial charge is 0.486 e. The van der Waals surface area contributed by atoms with Gasteiger partial charge in [0.25, 0.3) is 0 Å². The van der Waals surface area contributed by atoms with Crippen LogP contribution in [0.5, 0.6) is 11.6 Å². The van der Waals surface area contributed by atoms with Crippen molar-refractivity contribution in [3.63, 3.8) is 0 Å². The fraction of sp³-hybridized carbons (Fsp3) is 0.348. The predicted octanol–water partition coefficient (Wildman–Crippen LogP) is 3.06. The third-order valence-corrected chi connectivity index (χ3v) is 5.99. The number of nitrogens with one attached hydrogen (secondary N) is 1. The summed E-state index contributed by atoms with van der Waals surface area (Å²) in [5, 5.41) is 3.45. The zero-order valence-electron chi connectivity index (χ0n) is 17.9. The Labute approximate surface area is 181 Å². The molecule has 31 heavy (non-hydrogen) atoms. The molecule has 8 heteroatoms. The molecule has 0 amide bonds. The average molecular weight is 419 g/mol. The Morgan fingerprint density at radius 1 is 1.16 bits per heavy atom. The minimum atomic E-state index is 0.123. The molecule has 0 bridgehead atoms. The lowest BCUT2D eigenvalue weighted by Crippen LogP contribution is -2.55. The standard InChI is InChI=1S/C23H26N6O2/c1-15-6-4-5-7-18(15)19-14-31-20-11-25-23(27-22(20)28(19)2)26-16-12-29(13-16)17-8-9-24-21(10-17)30-3/h4-11,16,19H,12-14H2,1-3H3,(H,25,26,27). The highest BCUT2D eigenvalue weighted by molar-refractivity contribution is 5.58. The molecule has 3 aromatic rings. The van der Waals surface area contributed by atoms with E-state index in [9.17, 15) is 0 Å². The second-order valence-corrected chi connectivity index (χ2v) is 7.98. The number of anilines is 3. The molecule has 1 fully saturated rings. The van der Waals surface area contributed by atoms with Crippen molar-refractivity contribution in [1.82, 2.24) is 15.0 Å². The number of methoxy groups -OCH3 is 1. The van der Waals surface area contributed by atoms with Crippen LogP contribution in [-0.2, 0) is 0 Å². The van der Waals surface area contributed by atoms with E-state index in [2.05, 4.69) is 63.3 Å². The Balaban J connectivity index is 1.27. The predicted molar refractivity (Wildman–Crippen MR) is 120 cm³/mol. The first-order chi connectivity index (χ1) is 15.1. The van der Waals surface area contributed by atoms with E-state index >= 15 is 0 Å². The zero-order valence-corrected chi connectivity index (χ0v) is 17.9. The van der Waals surface area contributed by atoms with Crippen molar-refractivity contribution in [2.45, 2.75) is 19.0 Å². The molecule has 160 valence electrons. The number of likely N-dealkylation sites (N-methyl/N-ethyl adjacent to an activating group) is 1. The van der Waals surface area contributed by atoms with Gasteiger partial charge < -0.3 is 24.6 Å². The molecule has 1 saturated heterocycles. The molecule has 2 aliphatic rings. The van der Waals surface area contributed by atoms with Crippen LogP contribution >= 0.6 is 0 Å². The van der Waals surface area contributed by atoms with Crippen molar-refractivity contribution < 1.29 is 9.47 Å². The van der Waals surface area contributed by atoms with Gasteiger partial charge in [-0.1, -0.05) is 24.3 Å². The monoisotopic (exact) mass is 418 g/mol. The molecule has 1 N–H and O–H groups in total. The molecule has 2 aliphatic heterocycles. The number of benzene rings is 1. The molecule has 1 aromatic carbocycles. The molecule has 4 heterocycles. The van der Waals surface area contributed by atoms with E-state index in [1.807, 2.05) is 12.1 Å². The van der Waals surface area contributed by atoms with Crippen LogP contribution in [0, 0.1) is 6.92 Å². The summed E-state index contributed by atoms with van der Waals surface area (Å²) in [7, 11) is 3.70. The Morgan fingerprint density at radius 2 is 2.00 bits per heavy atom. The number of nitrogens with zero attached hydrogens (tertiary/aromatic N) is 5. The van der Waals surface area contributed by atoms with Gasteiger partial charge in [-0.15, -0.1) is 0 Å². The molecule has 0 spiro atoms. The Morgan fingerprint density at radius 3 is 2.81 bits per heavy atom. The minimum Gasteiger partial charge on any atom is -0.486 e. The van der Waals surface area contributed by atoms with Crippen LogP contribution < -0.4 is 24.6 Å².